The van der Waals surface area contributed by atoms with Crippen molar-refractivity contribution in [3.63, 3.8) is 0 Å². The second-order valence-electron chi connectivity index (χ2n) is 5.12. The Balaban J connectivity index is 2.45. The Bertz CT molecular complexity index is 781. The number of rotatable bonds is 3. The maximum Gasteiger partial charge on any atom is 0.264 e. The Morgan fingerprint density at radius 3 is 2.14 bits per heavy atom. The van der Waals surface area contributed by atoms with Crippen LogP contribution in [0.3, 0.4) is 0 Å². The molecule has 0 radical (unpaired) electrons. The summed E-state index contributed by atoms with van der Waals surface area (Å²) in [5.41, 5.74) is 8.62. The summed E-state index contributed by atoms with van der Waals surface area (Å²) in [7, 11) is -4.02. The van der Waals surface area contributed by atoms with Gasteiger partial charge in [0.25, 0.3) is 10.0 Å². The van der Waals surface area contributed by atoms with E-state index in [4.69, 9.17) is 5.73 Å². The van der Waals surface area contributed by atoms with Gasteiger partial charge in [-0.1, -0.05) is 6.07 Å². The first kappa shape index (κ1) is 15.3. The molecule has 0 aromatic heterocycles. The normalized spacial score (nSPS) is 11.4. The van der Waals surface area contributed by atoms with E-state index in [-0.39, 0.29) is 5.69 Å². The van der Waals surface area contributed by atoms with E-state index in [2.05, 4.69) is 4.72 Å². The third-order valence-electron chi connectivity index (χ3n) is 3.08. The van der Waals surface area contributed by atoms with Crippen LogP contribution in [0.2, 0.25) is 0 Å². The number of halogens is 1. The molecule has 0 bridgehead atoms. The van der Waals surface area contributed by atoms with Crippen molar-refractivity contribution < 1.29 is 12.8 Å². The van der Waals surface area contributed by atoms with Crippen LogP contribution in [0.25, 0.3) is 0 Å². The molecule has 0 spiro atoms. The summed E-state index contributed by atoms with van der Waals surface area (Å²) in [6.07, 6.45) is 0. The number of hydrogen-bond acceptors (Lipinski definition) is 3. The topological polar surface area (TPSA) is 72.2 Å². The molecule has 2 aromatic rings. The van der Waals surface area contributed by atoms with Crippen molar-refractivity contribution in [1.82, 2.24) is 0 Å². The van der Waals surface area contributed by atoms with Gasteiger partial charge in [-0.2, -0.15) is 0 Å². The molecule has 2 rings (SSSR count). The second-order valence-corrected chi connectivity index (χ2v) is 6.77. The predicted octanol–water partition coefficient (Wildman–Crippen LogP) is 3.13. The van der Waals surface area contributed by atoms with Crippen LogP contribution in [0, 0.1) is 26.6 Å². The smallest absolute Gasteiger partial charge is 0.264 e. The fraction of sp³-hybridized carbons (Fsp3) is 0.200. The predicted molar refractivity (Wildman–Crippen MR) is 82.3 cm³/mol. The van der Waals surface area contributed by atoms with Gasteiger partial charge in [-0.3, -0.25) is 4.72 Å². The number of sulfonamides is 1. The number of aryl methyl sites for hydroxylation is 3. The molecule has 4 nitrogen and oxygen atoms in total. The van der Waals surface area contributed by atoms with Gasteiger partial charge in [0.15, 0.2) is 0 Å². The first-order chi connectivity index (χ1) is 9.69. The minimum atomic E-state index is -4.02. The average Bonchev–Trinajstić information content (AvgIpc) is 2.31. The molecular weight excluding hydrogens is 291 g/mol. The summed E-state index contributed by atoms with van der Waals surface area (Å²) in [4.78, 5) is -0.454. The van der Waals surface area contributed by atoms with Crippen LogP contribution in [0.1, 0.15) is 16.7 Å². The lowest BCUT2D eigenvalue weighted by Gasteiger charge is -2.12. The van der Waals surface area contributed by atoms with Crippen LogP contribution in [0.5, 0.6) is 0 Å². The van der Waals surface area contributed by atoms with Crippen LogP contribution >= 0.6 is 0 Å². The monoisotopic (exact) mass is 308 g/mol. The van der Waals surface area contributed by atoms with E-state index in [9.17, 15) is 12.8 Å². The van der Waals surface area contributed by atoms with Crippen LogP contribution < -0.4 is 10.5 Å². The van der Waals surface area contributed by atoms with Gasteiger partial charge in [-0.05, 0) is 61.7 Å². The largest absolute Gasteiger partial charge is 0.398 e. The highest BCUT2D eigenvalue weighted by Gasteiger charge is 2.20. The minimum absolute atomic E-state index is 0.234. The summed E-state index contributed by atoms with van der Waals surface area (Å²) in [5.74, 6) is -0.821. The number of anilines is 2. The average molecular weight is 308 g/mol. The number of benzene rings is 2. The van der Waals surface area contributed by atoms with Gasteiger partial charge < -0.3 is 5.73 Å². The summed E-state index contributed by atoms with van der Waals surface area (Å²) in [6, 6.07) is 7.53. The van der Waals surface area contributed by atoms with E-state index in [1.165, 1.54) is 0 Å². The van der Waals surface area contributed by atoms with E-state index in [1.54, 1.807) is 19.1 Å². The van der Waals surface area contributed by atoms with E-state index in [0.717, 1.165) is 23.3 Å². The summed E-state index contributed by atoms with van der Waals surface area (Å²) in [6.45, 7) is 5.33. The van der Waals surface area contributed by atoms with E-state index in [0.29, 0.717) is 11.3 Å². The zero-order chi connectivity index (χ0) is 15.8. The van der Waals surface area contributed by atoms with Crippen molar-refractivity contribution in [2.45, 2.75) is 25.7 Å². The van der Waals surface area contributed by atoms with Crippen molar-refractivity contribution in [3.05, 3.63) is 52.8 Å². The molecule has 0 aliphatic heterocycles. The van der Waals surface area contributed by atoms with Crippen LogP contribution in [-0.4, -0.2) is 8.42 Å². The first-order valence-electron chi connectivity index (χ1n) is 6.36. The van der Waals surface area contributed by atoms with E-state index < -0.39 is 20.7 Å². The Kier molecular flexibility index (Phi) is 3.91. The van der Waals surface area contributed by atoms with E-state index >= 15 is 0 Å². The zero-order valence-electron chi connectivity index (χ0n) is 12.1. The van der Waals surface area contributed by atoms with Gasteiger partial charge in [-0.25, -0.2) is 12.8 Å². The lowest BCUT2D eigenvalue weighted by Crippen LogP contribution is -2.15. The lowest BCUT2D eigenvalue weighted by atomic mass is 10.1. The number of nitrogen functional groups attached to an aromatic ring is 1. The van der Waals surface area contributed by atoms with Crippen molar-refractivity contribution in [1.29, 1.82) is 0 Å². The summed E-state index contributed by atoms with van der Waals surface area (Å²) >= 11 is 0. The zero-order valence-corrected chi connectivity index (χ0v) is 12.9. The lowest BCUT2D eigenvalue weighted by molar-refractivity contribution is 0.570. The molecule has 0 saturated carbocycles. The van der Waals surface area contributed by atoms with Crippen LogP contribution in [0.15, 0.2) is 35.2 Å². The molecule has 0 atom stereocenters. The Morgan fingerprint density at radius 2 is 1.57 bits per heavy atom. The van der Waals surface area contributed by atoms with Crippen LogP contribution in [-0.2, 0) is 10.0 Å². The molecule has 0 heterocycles. The summed E-state index contributed by atoms with van der Waals surface area (Å²) in [5, 5.41) is 0. The molecule has 0 aliphatic carbocycles. The maximum atomic E-state index is 13.9. The molecule has 0 amide bonds. The third-order valence-corrected chi connectivity index (χ3v) is 4.48. The molecule has 112 valence electrons. The second kappa shape index (κ2) is 5.37. The van der Waals surface area contributed by atoms with Crippen LogP contribution in [0.4, 0.5) is 15.8 Å². The van der Waals surface area contributed by atoms with Gasteiger partial charge in [-0.15, -0.1) is 0 Å². The van der Waals surface area contributed by atoms with Gasteiger partial charge >= 0.3 is 0 Å². The quantitative estimate of drug-likeness (QED) is 0.856. The fourth-order valence-corrected chi connectivity index (χ4v) is 3.25. The van der Waals surface area contributed by atoms with Crippen molar-refractivity contribution in [2.24, 2.45) is 0 Å². The number of nitrogens with one attached hydrogen (secondary N) is 1. The maximum absolute atomic E-state index is 13.9. The number of hydrogen-bond donors (Lipinski definition) is 2. The molecule has 3 N–H and O–H groups in total. The molecule has 0 unspecified atom stereocenters. The first-order valence-corrected chi connectivity index (χ1v) is 7.84. The molecule has 21 heavy (non-hydrogen) atoms. The van der Waals surface area contributed by atoms with Crippen molar-refractivity contribution in [3.8, 4) is 0 Å². The Morgan fingerprint density at radius 1 is 1.00 bits per heavy atom. The SMILES string of the molecule is Cc1cc(C)cc(NS(=O)(=O)c2cc(N)c(C)cc2F)c1. The fourth-order valence-electron chi connectivity index (χ4n) is 2.12. The molecule has 2 aromatic carbocycles. The summed E-state index contributed by atoms with van der Waals surface area (Å²) < 4.78 is 40.9. The highest BCUT2D eigenvalue weighted by molar-refractivity contribution is 7.92. The van der Waals surface area contributed by atoms with Gasteiger partial charge in [0.05, 0.1) is 0 Å². The van der Waals surface area contributed by atoms with Gasteiger partial charge in [0.1, 0.15) is 10.7 Å². The Hall–Kier alpha value is -2.08. The molecular formula is C15H17FN2O2S. The van der Waals surface area contributed by atoms with Gasteiger partial charge in [0.2, 0.25) is 0 Å². The number of nitrogens with two attached hydrogens (primary N) is 1. The highest BCUT2D eigenvalue weighted by atomic mass is 32.2. The Labute approximate surface area is 123 Å². The minimum Gasteiger partial charge on any atom is -0.398 e. The van der Waals surface area contributed by atoms with E-state index in [1.807, 2.05) is 19.9 Å². The third kappa shape index (κ3) is 3.33. The molecule has 0 saturated heterocycles. The van der Waals surface area contributed by atoms with Crippen molar-refractivity contribution >= 4 is 21.4 Å². The highest BCUT2D eigenvalue weighted by Crippen LogP contribution is 2.24. The van der Waals surface area contributed by atoms with Crippen molar-refractivity contribution in [2.75, 3.05) is 10.5 Å². The molecule has 0 aliphatic rings. The standard InChI is InChI=1S/C15H17FN2O2S/c1-9-4-10(2)6-12(5-9)18-21(19,20)15-8-14(17)11(3)7-13(15)16/h4-8,18H,17H2,1-3H3. The van der Waals surface area contributed by atoms with Gasteiger partial charge in [0, 0.05) is 11.4 Å². The molecule has 0 fully saturated rings. The molecule has 6 heteroatoms.